The maximum Gasteiger partial charge on any atom is 0.433 e. The molecule has 4 atom stereocenters. The maximum absolute atomic E-state index is 16.2. The first-order chi connectivity index (χ1) is 33.9. The SMILES string of the molecule is COC(=O)c1ccc(-c2ccc(C(C)C(OC(=O)c3ccc(-c4ccc(C(C)C(O)(c5ccc6c(c5)NC(=O)CO6)C(F)(F)F)c(Cl)c4)cc3F)(c3ccc4c(c3)NC(=O)CO4)C(F)(F)F)c(Cl)c2)cc1F. The largest absolute Gasteiger partial charge is 0.482 e. The van der Waals surface area contributed by atoms with Gasteiger partial charge in [-0.1, -0.05) is 85.6 Å². The maximum atomic E-state index is 16.2. The molecule has 374 valence electrons. The Morgan fingerprint density at radius 3 is 1.47 bits per heavy atom. The van der Waals surface area contributed by atoms with Crippen molar-refractivity contribution < 1.29 is 78.4 Å². The number of anilines is 2. The molecular formula is C51H36Cl2F8N2O9. The van der Waals surface area contributed by atoms with Gasteiger partial charge in [0.25, 0.3) is 11.8 Å². The van der Waals surface area contributed by atoms with Crippen LogP contribution in [0.3, 0.4) is 0 Å². The molecule has 6 aromatic rings. The zero-order chi connectivity index (χ0) is 52.2. The third-order valence-electron chi connectivity index (χ3n) is 12.6. The third-order valence-corrected chi connectivity index (χ3v) is 13.3. The zero-order valence-electron chi connectivity index (χ0n) is 37.5. The molecular weight excluding hydrogens is 1010 g/mol. The highest BCUT2D eigenvalue weighted by Crippen LogP contribution is 2.55. The minimum Gasteiger partial charge on any atom is -0.482 e. The smallest absolute Gasteiger partial charge is 0.433 e. The Morgan fingerprint density at radius 2 is 1.03 bits per heavy atom. The number of benzene rings is 6. The number of esters is 2. The van der Waals surface area contributed by atoms with Gasteiger partial charge in [-0.25, -0.2) is 18.4 Å². The Morgan fingerprint density at radius 1 is 0.597 bits per heavy atom. The highest BCUT2D eigenvalue weighted by molar-refractivity contribution is 6.32. The number of rotatable bonds is 11. The molecule has 2 heterocycles. The number of hydrogen-bond acceptors (Lipinski definition) is 9. The van der Waals surface area contributed by atoms with E-state index < -0.39 is 94.1 Å². The van der Waals surface area contributed by atoms with Crippen molar-refractivity contribution in [1.82, 2.24) is 0 Å². The van der Waals surface area contributed by atoms with Gasteiger partial charge in [0.2, 0.25) is 5.60 Å². The summed E-state index contributed by atoms with van der Waals surface area (Å²) < 4.78 is 145. The lowest BCUT2D eigenvalue weighted by molar-refractivity contribution is -0.274. The van der Waals surface area contributed by atoms with Crippen LogP contribution < -0.4 is 20.1 Å². The molecule has 0 saturated heterocycles. The van der Waals surface area contributed by atoms with Gasteiger partial charge in [-0.05, 0) is 99.6 Å². The van der Waals surface area contributed by atoms with Crippen LogP contribution in [0, 0.1) is 11.6 Å². The first-order valence-corrected chi connectivity index (χ1v) is 22.1. The Labute approximate surface area is 413 Å². The van der Waals surface area contributed by atoms with Gasteiger partial charge in [-0.2, -0.15) is 26.3 Å². The number of halogens is 10. The van der Waals surface area contributed by atoms with Crippen molar-refractivity contribution in [2.45, 2.75) is 49.2 Å². The number of hydrogen-bond donors (Lipinski definition) is 3. The van der Waals surface area contributed by atoms with Crippen LogP contribution in [0.2, 0.25) is 10.0 Å². The average Bonchev–Trinajstić information content (AvgIpc) is 3.33. The number of amides is 2. The second kappa shape index (κ2) is 19.1. The highest BCUT2D eigenvalue weighted by atomic mass is 35.5. The number of carbonyl (C=O) groups excluding carboxylic acids is 4. The molecule has 0 radical (unpaired) electrons. The number of carbonyl (C=O) groups is 4. The van der Waals surface area contributed by atoms with Crippen LogP contribution in [-0.2, 0) is 30.3 Å². The van der Waals surface area contributed by atoms with E-state index in [9.17, 15) is 41.8 Å². The van der Waals surface area contributed by atoms with E-state index in [1.165, 1.54) is 30.3 Å². The van der Waals surface area contributed by atoms with Gasteiger partial charge < -0.3 is 34.7 Å². The predicted octanol–water partition coefficient (Wildman–Crippen LogP) is 12.0. The molecule has 0 aliphatic carbocycles. The van der Waals surface area contributed by atoms with Crippen molar-refractivity contribution in [2.75, 3.05) is 31.0 Å². The molecule has 0 saturated carbocycles. The molecule has 0 bridgehead atoms. The van der Waals surface area contributed by atoms with Crippen LogP contribution in [0.15, 0.2) is 109 Å². The molecule has 21 heteroatoms. The highest BCUT2D eigenvalue weighted by Gasteiger charge is 2.64. The van der Waals surface area contributed by atoms with Gasteiger partial charge in [0.05, 0.1) is 29.6 Å². The summed E-state index contributed by atoms with van der Waals surface area (Å²) in [4.78, 5) is 50.2. The fourth-order valence-corrected chi connectivity index (χ4v) is 9.44. The molecule has 2 aliphatic heterocycles. The fourth-order valence-electron chi connectivity index (χ4n) is 8.75. The monoisotopic (exact) mass is 1040 g/mol. The van der Waals surface area contributed by atoms with Crippen molar-refractivity contribution in [3.05, 3.63) is 164 Å². The minimum atomic E-state index is -5.53. The molecule has 8 rings (SSSR count). The summed E-state index contributed by atoms with van der Waals surface area (Å²) in [5.74, 6) is -10.1. The van der Waals surface area contributed by atoms with Crippen LogP contribution in [0.4, 0.5) is 46.5 Å². The number of fused-ring (bicyclic) bond motifs is 2. The van der Waals surface area contributed by atoms with Crippen LogP contribution in [0.1, 0.15) is 68.7 Å². The summed E-state index contributed by atoms with van der Waals surface area (Å²) in [6.45, 7) is 1.31. The lowest BCUT2D eigenvalue weighted by Crippen LogP contribution is -2.50. The summed E-state index contributed by atoms with van der Waals surface area (Å²) in [7, 11) is 1.06. The molecule has 72 heavy (non-hydrogen) atoms. The Balaban J connectivity index is 1.13. The molecule has 0 fully saturated rings. The standard InChI is InChI=1S/C51H36Cl2F8N2O9/c1-24(48(68,50(56,57)58)30-8-14-42-40(20-30)62-44(64)22-70-42)32-10-4-26(16-36(32)52)29-7-13-35(39(55)19-29)47(67)72-49(51(59,60)61,31-9-15-43-41(21-31)63-45(65)23-71-43)25(2)33-11-5-27(17-37(33)53)28-6-12-34(38(54)18-28)46(66)69-3/h4-21,24-25,68H,22-23H2,1-3H3,(H,62,64)(H,63,65). The molecule has 4 unspecified atom stereocenters. The average molecular weight is 1040 g/mol. The normalized spacial score (nSPS) is 16.0. The van der Waals surface area contributed by atoms with Gasteiger partial charge >= 0.3 is 24.3 Å². The van der Waals surface area contributed by atoms with E-state index in [1.807, 2.05) is 0 Å². The van der Waals surface area contributed by atoms with E-state index in [-0.39, 0.29) is 78.5 Å². The van der Waals surface area contributed by atoms with E-state index in [2.05, 4.69) is 15.4 Å². The van der Waals surface area contributed by atoms with Crippen LogP contribution in [0.25, 0.3) is 22.3 Å². The summed E-state index contributed by atoms with van der Waals surface area (Å²) in [6.07, 6.45) is -10.8. The summed E-state index contributed by atoms with van der Waals surface area (Å²) in [5, 5.41) is 15.6. The third kappa shape index (κ3) is 9.16. The summed E-state index contributed by atoms with van der Waals surface area (Å²) in [6, 6.07) is 19.6. The quantitative estimate of drug-likeness (QED) is 0.0851. The van der Waals surface area contributed by atoms with E-state index in [0.29, 0.717) is 0 Å². The van der Waals surface area contributed by atoms with Gasteiger partial charge in [-0.3, -0.25) is 9.59 Å². The van der Waals surface area contributed by atoms with E-state index in [0.717, 1.165) is 99.8 Å². The van der Waals surface area contributed by atoms with Gasteiger partial charge in [-0.15, -0.1) is 0 Å². The summed E-state index contributed by atoms with van der Waals surface area (Å²) >= 11 is 13.2. The molecule has 0 spiro atoms. The molecule has 0 aromatic heterocycles. The van der Waals surface area contributed by atoms with E-state index in [1.54, 1.807) is 0 Å². The lowest BCUT2D eigenvalue weighted by atomic mass is 9.76. The topological polar surface area (TPSA) is 149 Å². The molecule has 11 nitrogen and oxygen atoms in total. The van der Waals surface area contributed by atoms with Crippen molar-refractivity contribution in [1.29, 1.82) is 0 Å². The van der Waals surface area contributed by atoms with Crippen LogP contribution >= 0.6 is 23.2 Å². The zero-order valence-corrected chi connectivity index (χ0v) is 39.0. The Kier molecular flexibility index (Phi) is 13.6. The molecule has 2 amide bonds. The molecule has 6 aromatic carbocycles. The van der Waals surface area contributed by atoms with Crippen molar-refractivity contribution in [3.8, 4) is 33.8 Å². The number of methoxy groups -OCH3 is 1. The first-order valence-electron chi connectivity index (χ1n) is 21.4. The van der Waals surface area contributed by atoms with Gasteiger partial charge in [0, 0.05) is 27.4 Å². The van der Waals surface area contributed by atoms with Crippen molar-refractivity contribution >= 4 is 58.3 Å². The first kappa shape index (κ1) is 51.1. The van der Waals surface area contributed by atoms with E-state index in [4.69, 9.17) is 37.4 Å². The number of nitrogens with one attached hydrogen (secondary N) is 2. The van der Waals surface area contributed by atoms with Gasteiger partial charge in [0.1, 0.15) is 23.1 Å². The molecule has 2 aliphatic rings. The van der Waals surface area contributed by atoms with Crippen LogP contribution in [-0.4, -0.2) is 61.5 Å². The van der Waals surface area contributed by atoms with Crippen LogP contribution in [0.5, 0.6) is 11.5 Å². The number of ether oxygens (including phenoxy) is 4. The minimum absolute atomic E-state index is 0.0114. The van der Waals surface area contributed by atoms with E-state index >= 15 is 17.6 Å². The lowest BCUT2D eigenvalue weighted by Gasteiger charge is -2.41. The van der Waals surface area contributed by atoms with Gasteiger partial charge in [0.15, 0.2) is 18.8 Å². The second-order valence-electron chi connectivity index (χ2n) is 16.8. The molecule has 3 N–H and O–H groups in total. The Bertz CT molecular complexity index is 3210. The Hall–Kier alpha value is -7.22. The van der Waals surface area contributed by atoms with Crippen molar-refractivity contribution in [3.63, 3.8) is 0 Å². The summed E-state index contributed by atoms with van der Waals surface area (Å²) in [5.41, 5.74) is -10.4. The fraction of sp³-hybridized carbons (Fsp3) is 0.216. The number of aliphatic hydroxyl groups is 1. The number of alkyl halides is 6. The van der Waals surface area contributed by atoms with Crippen molar-refractivity contribution in [2.24, 2.45) is 0 Å². The predicted molar refractivity (Wildman–Crippen MR) is 246 cm³/mol. The second-order valence-corrected chi connectivity index (χ2v) is 17.6.